The van der Waals surface area contributed by atoms with Gasteiger partial charge in [0.05, 0.1) is 17.8 Å². The summed E-state index contributed by atoms with van der Waals surface area (Å²) in [6.07, 6.45) is 1.66. The van der Waals surface area contributed by atoms with Crippen molar-refractivity contribution in [2.24, 2.45) is 5.10 Å². The summed E-state index contributed by atoms with van der Waals surface area (Å²) < 4.78 is 11.9. The molecule has 2 aromatic heterocycles. The second-order valence-electron chi connectivity index (χ2n) is 5.73. The number of halogens is 2. The average molecular weight is 566 g/mol. The first-order valence-electron chi connectivity index (χ1n) is 8.28. The minimum Gasteiger partial charge on any atom is -0.496 e. The fourth-order valence-corrected chi connectivity index (χ4v) is 3.32. The van der Waals surface area contributed by atoms with Crippen LogP contribution in [0.2, 0.25) is 0 Å². The Bertz CT molecular complexity index is 1180. The molecule has 2 N–H and O–H groups in total. The quantitative estimate of drug-likeness (QED) is 0.199. The highest BCUT2D eigenvalue weighted by Gasteiger charge is 2.12. The zero-order valence-electron chi connectivity index (χ0n) is 14.9. The summed E-state index contributed by atoms with van der Waals surface area (Å²) in [5.74, 6) is 1.58. The molecule has 0 fully saturated rings. The van der Waals surface area contributed by atoms with Crippen LogP contribution in [-0.4, -0.2) is 33.6 Å². The van der Waals surface area contributed by atoms with E-state index in [2.05, 4.69) is 74.6 Å². The molecule has 0 saturated heterocycles. The fourth-order valence-electron chi connectivity index (χ4n) is 2.40. The maximum absolute atomic E-state index is 5.23. The van der Waals surface area contributed by atoms with Crippen molar-refractivity contribution in [2.45, 2.75) is 0 Å². The molecule has 2 heterocycles. The first-order chi connectivity index (χ1) is 14.1. The number of fused-ring (bicyclic) bond motifs is 1. The Labute approximate surface area is 187 Å². The lowest BCUT2D eigenvalue weighted by Crippen LogP contribution is -2.03. The van der Waals surface area contributed by atoms with Gasteiger partial charge in [-0.1, -0.05) is 0 Å². The molecular weight excluding hydrogens is 553 g/mol. The molecule has 0 aliphatic rings. The van der Waals surface area contributed by atoms with Crippen LogP contribution in [0.4, 0.5) is 17.3 Å². The van der Waals surface area contributed by atoms with Crippen molar-refractivity contribution in [2.75, 3.05) is 17.9 Å². The van der Waals surface area contributed by atoms with Gasteiger partial charge in [0.1, 0.15) is 5.75 Å². The molecule has 29 heavy (non-hydrogen) atoms. The van der Waals surface area contributed by atoms with Gasteiger partial charge in [-0.15, -0.1) is 0 Å². The largest absolute Gasteiger partial charge is 0.496 e. The zero-order valence-corrected chi connectivity index (χ0v) is 18.7. The molecule has 0 aliphatic carbocycles. The van der Waals surface area contributed by atoms with E-state index in [4.69, 9.17) is 9.37 Å². The zero-order chi connectivity index (χ0) is 20.2. The number of benzene rings is 2. The number of hydrogen-bond donors (Lipinski definition) is 2. The topological polar surface area (TPSA) is 110 Å². The normalized spacial score (nSPS) is 11.1. The highest BCUT2D eigenvalue weighted by atomic mass is 127. The molecule has 0 amide bonds. The number of anilines is 3. The van der Waals surface area contributed by atoms with E-state index >= 15 is 0 Å². The Hall–Kier alpha value is -2.80. The lowest BCUT2D eigenvalue weighted by Gasteiger charge is -2.09. The molecular formula is C18H13BrIN7O2. The van der Waals surface area contributed by atoms with Crippen LogP contribution in [-0.2, 0) is 0 Å². The number of rotatable bonds is 6. The van der Waals surface area contributed by atoms with Gasteiger partial charge in [-0.25, -0.2) is 9.61 Å². The number of nitrogens with zero attached hydrogens (tertiary/aromatic N) is 5. The van der Waals surface area contributed by atoms with Gasteiger partial charge in [0.25, 0.3) is 0 Å². The van der Waals surface area contributed by atoms with E-state index in [1.807, 2.05) is 42.5 Å². The number of hydrazone groups is 1. The van der Waals surface area contributed by atoms with Gasteiger partial charge in [-0.05, 0) is 96.9 Å². The van der Waals surface area contributed by atoms with Crippen molar-refractivity contribution in [3.05, 3.63) is 56.1 Å². The van der Waals surface area contributed by atoms with E-state index in [-0.39, 0.29) is 5.65 Å². The van der Waals surface area contributed by atoms with E-state index in [1.165, 1.54) is 0 Å². The lowest BCUT2D eigenvalue weighted by molar-refractivity contribution is 0.314. The summed E-state index contributed by atoms with van der Waals surface area (Å²) in [6.45, 7) is 0. The highest BCUT2D eigenvalue weighted by molar-refractivity contribution is 14.1. The molecule has 2 aromatic carbocycles. The van der Waals surface area contributed by atoms with Crippen molar-refractivity contribution in [3.63, 3.8) is 0 Å². The Morgan fingerprint density at radius 3 is 2.48 bits per heavy atom. The Kier molecular flexibility index (Phi) is 5.85. The van der Waals surface area contributed by atoms with Crippen LogP contribution in [0.1, 0.15) is 5.56 Å². The number of hydrogen-bond acceptors (Lipinski definition) is 9. The fraction of sp³-hybridized carbons (Fsp3) is 0.0556. The first-order valence-corrected chi connectivity index (χ1v) is 10.1. The smallest absolute Gasteiger partial charge is 0.245 e. The summed E-state index contributed by atoms with van der Waals surface area (Å²) in [6, 6.07) is 13.5. The lowest BCUT2D eigenvalue weighted by atomic mass is 10.2. The molecule has 0 aliphatic heterocycles. The Morgan fingerprint density at radius 2 is 1.79 bits per heavy atom. The average Bonchev–Trinajstić information content (AvgIpc) is 3.17. The van der Waals surface area contributed by atoms with Crippen molar-refractivity contribution in [1.82, 2.24) is 20.3 Å². The van der Waals surface area contributed by atoms with Crippen LogP contribution >= 0.6 is 38.5 Å². The van der Waals surface area contributed by atoms with Crippen LogP contribution in [0.15, 0.2) is 56.7 Å². The van der Waals surface area contributed by atoms with Gasteiger partial charge >= 0.3 is 0 Å². The van der Waals surface area contributed by atoms with Gasteiger partial charge in [0.2, 0.25) is 11.3 Å². The standard InChI is InChI=1S/C18H13BrIN7O2/c1-28-14-7-2-10(8-13(14)19)9-21-25-16-15(22-12-5-3-11(20)4-6-12)23-17-18(24-16)27-29-26-17/h2-9H,1H3,(H,22,23,26)(H,24,25,27)/b21-9+. The van der Waals surface area contributed by atoms with Crippen LogP contribution in [0, 0.1) is 3.57 Å². The third kappa shape index (κ3) is 4.62. The molecule has 0 atom stereocenters. The predicted octanol–water partition coefficient (Wildman–Crippen LogP) is 4.58. The maximum Gasteiger partial charge on any atom is 0.245 e. The van der Waals surface area contributed by atoms with Gasteiger partial charge in [-0.2, -0.15) is 10.1 Å². The second kappa shape index (κ2) is 8.69. The summed E-state index contributed by atoms with van der Waals surface area (Å²) in [5.41, 5.74) is 5.20. The van der Waals surface area contributed by atoms with E-state index in [0.29, 0.717) is 17.3 Å². The summed E-state index contributed by atoms with van der Waals surface area (Å²) in [4.78, 5) is 8.79. The molecule has 0 bridgehead atoms. The molecule has 11 heteroatoms. The maximum atomic E-state index is 5.23. The van der Waals surface area contributed by atoms with E-state index in [0.717, 1.165) is 25.0 Å². The van der Waals surface area contributed by atoms with Gasteiger partial charge in [-0.3, -0.25) is 5.43 Å². The van der Waals surface area contributed by atoms with Crippen LogP contribution in [0.3, 0.4) is 0 Å². The summed E-state index contributed by atoms with van der Waals surface area (Å²) in [5, 5.41) is 14.9. The van der Waals surface area contributed by atoms with Crippen LogP contribution < -0.4 is 15.5 Å². The molecule has 0 spiro atoms. The molecule has 9 nitrogen and oxygen atoms in total. The number of ether oxygens (including phenoxy) is 1. The summed E-state index contributed by atoms with van der Waals surface area (Å²) >= 11 is 5.70. The van der Waals surface area contributed by atoms with Crippen molar-refractivity contribution < 1.29 is 9.37 Å². The van der Waals surface area contributed by atoms with E-state index in [9.17, 15) is 0 Å². The minimum atomic E-state index is 0.281. The molecule has 4 aromatic rings. The third-order valence-corrected chi connectivity index (χ3v) is 5.12. The van der Waals surface area contributed by atoms with Gasteiger partial charge in [0.15, 0.2) is 11.6 Å². The monoisotopic (exact) mass is 565 g/mol. The van der Waals surface area contributed by atoms with Gasteiger partial charge < -0.3 is 10.1 Å². The number of nitrogens with one attached hydrogen (secondary N) is 2. The Morgan fingerprint density at radius 1 is 1.07 bits per heavy atom. The molecule has 0 radical (unpaired) electrons. The van der Waals surface area contributed by atoms with E-state index in [1.54, 1.807) is 13.3 Å². The third-order valence-electron chi connectivity index (χ3n) is 3.78. The molecule has 4 rings (SSSR count). The molecule has 0 unspecified atom stereocenters. The SMILES string of the molecule is COc1ccc(/C=N/Nc2nc3nonc3nc2Nc2ccc(I)cc2)cc1Br. The second-order valence-corrected chi connectivity index (χ2v) is 7.83. The van der Waals surface area contributed by atoms with Crippen molar-refractivity contribution in [1.29, 1.82) is 0 Å². The molecule has 0 saturated carbocycles. The summed E-state index contributed by atoms with van der Waals surface area (Å²) in [7, 11) is 1.62. The van der Waals surface area contributed by atoms with Gasteiger partial charge in [0, 0.05) is 9.26 Å². The van der Waals surface area contributed by atoms with Crippen molar-refractivity contribution in [3.8, 4) is 5.75 Å². The van der Waals surface area contributed by atoms with E-state index < -0.39 is 0 Å². The van der Waals surface area contributed by atoms with Crippen molar-refractivity contribution >= 4 is 73.4 Å². The van der Waals surface area contributed by atoms with Crippen LogP contribution in [0.5, 0.6) is 5.75 Å². The van der Waals surface area contributed by atoms with Crippen LogP contribution in [0.25, 0.3) is 11.3 Å². The Balaban J connectivity index is 1.59. The number of aromatic nitrogens is 4. The predicted molar refractivity (Wildman–Crippen MR) is 122 cm³/mol. The molecule has 146 valence electrons. The highest BCUT2D eigenvalue weighted by Crippen LogP contribution is 2.26. The number of methoxy groups -OCH3 is 1. The minimum absolute atomic E-state index is 0.281. The first kappa shape index (κ1) is 19.5.